The Bertz CT molecular complexity index is 1770. The molecule has 50 heavy (non-hydrogen) atoms. The zero-order valence-electron chi connectivity index (χ0n) is 29.5. The first-order valence-electron chi connectivity index (χ1n) is 15.3. The Morgan fingerprint density at radius 2 is 1.14 bits per heavy atom. The van der Waals surface area contributed by atoms with Crippen molar-refractivity contribution in [3.63, 3.8) is 0 Å². The fourth-order valence-electron chi connectivity index (χ4n) is 4.42. The standard InChI is InChI=1S/C32H44N10O8/c1-31(2,3)49-29(47)42(30(48)50-32(4,5)6)28(33)35-11-10-34-25(44)22-13-20(16-40(22)8)37-27(46)24-14-21(17-41(24)9)38-26(45)23-12-19(36-18-43)15-39(23)7/h12-18H,10-11H2,1-9H3,(H2,33,35)(H,34,44)(H,36,43)(H,37,46)(H,38,45). The van der Waals surface area contributed by atoms with E-state index in [0.717, 1.165) is 0 Å². The van der Waals surface area contributed by atoms with E-state index in [4.69, 9.17) is 15.2 Å². The predicted octanol–water partition coefficient (Wildman–Crippen LogP) is 2.99. The van der Waals surface area contributed by atoms with Crippen LogP contribution in [0.2, 0.25) is 0 Å². The number of hydrogen-bond donors (Lipinski definition) is 5. The third-order valence-corrected chi connectivity index (χ3v) is 6.51. The summed E-state index contributed by atoms with van der Waals surface area (Å²) >= 11 is 0. The number of carbonyl (C=O) groups excluding carboxylic acids is 6. The Morgan fingerprint density at radius 1 is 0.740 bits per heavy atom. The molecule has 0 fully saturated rings. The first-order chi connectivity index (χ1) is 23.2. The summed E-state index contributed by atoms with van der Waals surface area (Å²) < 4.78 is 15.1. The van der Waals surface area contributed by atoms with Gasteiger partial charge in [-0.2, -0.15) is 0 Å². The van der Waals surface area contributed by atoms with Crippen molar-refractivity contribution in [3.05, 3.63) is 53.9 Å². The van der Waals surface area contributed by atoms with Crippen LogP contribution in [0.3, 0.4) is 0 Å². The van der Waals surface area contributed by atoms with Gasteiger partial charge in [0.05, 0.1) is 23.6 Å². The molecule has 18 nitrogen and oxygen atoms in total. The molecule has 270 valence electrons. The fraction of sp³-hybridized carbons (Fsp3) is 0.406. The van der Waals surface area contributed by atoms with E-state index in [-0.39, 0.29) is 30.2 Å². The molecule has 0 aromatic carbocycles. The minimum Gasteiger partial charge on any atom is -0.443 e. The number of guanidine groups is 1. The predicted molar refractivity (Wildman–Crippen MR) is 185 cm³/mol. The minimum absolute atomic E-state index is 0.0155. The molecule has 18 heteroatoms. The quantitative estimate of drug-likeness (QED) is 0.0908. The van der Waals surface area contributed by atoms with Gasteiger partial charge in [0.15, 0.2) is 0 Å². The van der Waals surface area contributed by atoms with Gasteiger partial charge in [0, 0.05) is 46.3 Å². The van der Waals surface area contributed by atoms with Crippen LogP contribution in [-0.2, 0) is 35.4 Å². The molecule has 0 unspecified atom stereocenters. The van der Waals surface area contributed by atoms with Gasteiger partial charge in [0.2, 0.25) is 12.4 Å². The number of nitrogens with two attached hydrogens (primary N) is 1. The highest BCUT2D eigenvalue weighted by Gasteiger charge is 2.34. The summed E-state index contributed by atoms with van der Waals surface area (Å²) in [5.74, 6) is -1.91. The van der Waals surface area contributed by atoms with Crippen LogP contribution < -0.4 is 27.0 Å². The number of rotatable bonds is 10. The second-order valence-corrected chi connectivity index (χ2v) is 13.1. The molecule has 0 atom stereocenters. The topological polar surface area (TPSA) is 225 Å². The Balaban J connectivity index is 1.62. The minimum atomic E-state index is -1.07. The second-order valence-electron chi connectivity index (χ2n) is 13.1. The SMILES string of the molecule is Cn1cc(NC(=O)c2cc(NC(=O)c3cc(NC=O)cn3C)cn2C)cc1C(=O)NCCN=C(N)N(C(=O)OC(C)(C)C)C(=O)OC(C)(C)C. The third kappa shape index (κ3) is 10.5. The second kappa shape index (κ2) is 15.4. The van der Waals surface area contributed by atoms with E-state index in [2.05, 4.69) is 26.3 Å². The van der Waals surface area contributed by atoms with Gasteiger partial charge in [0.25, 0.3) is 17.7 Å². The van der Waals surface area contributed by atoms with Crippen LogP contribution in [0.25, 0.3) is 0 Å². The maximum Gasteiger partial charge on any atom is 0.427 e. The molecule has 3 heterocycles. The summed E-state index contributed by atoms with van der Waals surface area (Å²) in [6, 6.07) is 4.48. The van der Waals surface area contributed by atoms with Gasteiger partial charge in [-0.15, -0.1) is 4.90 Å². The van der Waals surface area contributed by atoms with Gasteiger partial charge in [-0.25, -0.2) is 9.59 Å². The maximum absolute atomic E-state index is 13.1. The summed E-state index contributed by atoms with van der Waals surface area (Å²) in [6.45, 7) is 9.64. The lowest BCUT2D eigenvalue weighted by Gasteiger charge is -2.27. The Hall–Kier alpha value is -6.07. The van der Waals surface area contributed by atoms with Gasteiger partial charge in [0.1, 0.15) is 28.3 Å². The van der Waals surface area contributed by atoms with E-state index in [1.165, 1.54) is 27.3 Å². The summed E-state index contributed by atoms with van der Waals surface area (Å²) in [4.78, 5) is 79.5. The van der Waals surface area contributed by atoms with Crippen molar-refractivity contribution >= 4 is 59.3 Å². The van der Waals surface area contributed by atoms with Crippen LogP contribution in [-0.4, -0.2) is 85.2 Å². The number of nitrogens with zero attached hydrogens (tertiary/aromatic N) is 5. The van der Waals surface area contributed by atoms with E-state index in [1.807, 2.05) is 0 Å². The Kier molecular flexibility index (Phi) is 11.8. The van der Waals surface area contributed by atoms with Crippen LogP contribution in [0.1, 0.15) is 73.0 Å². The van der Waals surface area contributed by atoms with Gasteiger partial charge in [-0.05, 0) is 59.7 Å². The highest BCUT2D eigenvalue weighted by molar-refractivity contribution is 6.08. The number of amides is 6. The molecule has 0 aliphatic carbocycles. The van der Waals surface area contributed by atoms with E-state index in [0.29, 0.717) is 28.4 Å². The third-order valence-electron chi connectivity index (χ3n) is 6.51. The molecular formula is C32H44N10O8. The fourth-order valence-corrected chi connectivity index (χ4v) is 4.42. The van der Waals surface area contributed by atoms with E-state index < -0.39 is 47.1 Å². The smallest absolute Gasteiger partial charge is 0.427 e. The van der Waals surface area contributed by atoms with Gasteiger partial charge >= 0.3 is 12.2 Å². The molecule has 0 spiro atoms. The number of imide groups is 1. The number of nitrogens with one attached hydrogen (secondary N) is 4. The van der Waals surface area contributed by atoms with Crippen LogP contribution in [0.15, 0.2) is 41.8 Å². The largest absolute Gasteiger partial charge is 0.443 e. The molecule has 6 amide bonds. The molecule has 0 saturated carbocycles. The molecule has 0 radical (unpaired) electrons. The molecule has 3 aromatic rings. The summed E-state index contributed by atoms with van der Waals surface area (Å²) in [5, 5.41) is 10.6. The first-order valence-corrected chi connectivity index (χ1v) is 15.3. The van der Waals surface area contributed by atoms with Crippen molar-refractivity contribution in [1.29, 1.82) is 0 Å². The van der Waals surface area contributed by atoms with Crippen LogP contribution >= 0.6 is 0 Å². The molecule has 0 saturated heterocycles. The van der Waals surface area contributed by atoms with Crippen molar-refractivity contribution in [2.24, 2.45) is 31.9 Å². The van der Waals surface area contributed by atoms with Crippen LogP contribution in [0.4, 0.5) is 26.7 Å². The lowest BCUT2D eigenvalue weighted by Crippen LogP contribution is -2.50. The highest BCUT2D eigenvalue weighted by Crippen LogP contribution is 2.20. The normalized spacial score (nSPS) is 11.7. The van der Waals surface area contributed by atoms with Gasteiger partial charge < -0.3 is 50.2 Å². The summed E-state index contributed by atoms with van der Waals surface area (Å²) in [5.41, 5.74) is 6.01. The van der Waals surface area contributed by atoms with E-state index >= 15 is 0 Å². The van der Waals surface area contributed by atoms with Crippen molar-refractivity contribution in [1.82, 2.24) is 23.9 Å². The van der Waals surface area contributed by atoms with Crippen LogP contribution in [0, 0.1) is 0 Å². The number of anilines is 3. The molecular weight excluding hydrogens is 652 g/mol. The summed E-state index contributed by atoms with van der Waals surface area (Å²) in [6.07, 6.45) is 3.08. The van der Waals surface area contributed by atoms with Crippen molar-refractivity contribution < 1.29 is 38.2 Å². The number of aliphatic imine (C=N–C) groups is 1. The van der Waals surface area contributed by atoms with Gasteiger partial charge in [-0.1, -0.05) is 0 Å². The zero-order valence-corrected chi connectivity index (χ0v) is 29.5. The monoisotopic (exact) mass is 696 g/mol. The van der Waals surface area contributed by atoms with Gasteiger partial charge in [-0.3, -0.25) is 24.2 Å². The van der Waals surface area contributed by atoms with Crippen molar-refractivity contribution in [2.75, 3.05) is 29.0 Å². The average Bonchev–Trinajstić information content (AvgIpc) is 3.64. The van der Waals surface area contributed by atoms with E-state index in [9.17, 15) is 28.8 Å². The zero-order chi connectivity index (χ0) is 37.6. The molecule has 3 rings (SSSR count). The number of ether oxygens (including phenoxy) is 2. The highest BCUT2D eigenvalue weighted by atomic mass is 16.6. The lowest BCUT2D eigenvalue weighted by atomic mass is 10.2. The van der Waals surface area contributed by atoms with E-state index in [1.54, 1.807) is 85.8 Å². The maximum atomic E-state index is 13.1. The number of aromatic nitrogens is 3. The Morgan fingerprint density at radius 3 is 1.56 bits per heavy atom. The molecule has 6 N–H and O–H groups in total. The Labute approximate surface area is 288 Å². The average molecular weight is 697 g/mol. The van der Waals surface area contributed by atoms with Crippen molar-refractivity contribution in [2.45, 2.75) is 52.7 Å². The summed E-state index contributed by atoms with van der Waals surface area (Å²) in [7, 11) is 4.91. The number of aryl methyl sites for hydroxylation is 3. The number of hydrogen-bond acceptors (Lipinski definition) is 9. The molecule has 3 aromatic heterocycles. The number of carbonyl (C=O) groups is 6. The van der Waals surface area contributed by atoms with Crippen LogP contribution in [0.5, 0.6) is 0 Å². The molecule has 0 aliphatic rings. The lowest BCUT2D eigenvalue weighted by molar-refractivity contribution is -0.105. The first kappa shape index (κ1) is 38.4. The molecule has 0 bridgehead atoms. The molecule has 0 aliphatic heterocycles. The van der Waals surface area contributed by atoms with Crippen molar-refractivity contribution in [3.8, 4) is 0 Å².